The summed E-state index contributed by atoms with van der Waals surface area (Å²) in [5.74, 6) is 0. The Hall–Kier alpha value is -0.330. The predicted molar refractivity (Wildman–Crippen MR) is 56.9 cm³/mol. The smallest absolute Gasteiger partial charge is 0.220 e. The van der Waals surface area contributed by atoms with Crippen molar-refractivity contribution in [3.8, 4) is 0 Å². The lowest BCUT2D eigenvalue weighted by Crippen LogP contribution is -2.34. The van der Waals surface area contributed by atoms with Gasteiger partial charge in [0.25, 0.3) is 0 Å². The van der Waals surface area contributed by atoms with Crippen LogP contribution in [-0.2, 0) is 0 Å². The molecular weight excluding hydrogens is 289 g/mol. The number of hydrogen-bond donors (Lipinski definition) is 0. The number of anilines is 1. The van der Waals surface area contributed by atoms with Gasteiger partial charge in [0.05, 0.1) is 5.69 Å². The van der Waals surface area contributed by atoms with Gasteiger partial charge in [0.1, 0.15) is 0 Å². The van der Waals surface area contributed by atoms with E-state index in [1.807, 2.05) is 0 Å². The summed E-state index contributed by atoms with van der Waals surface area (Å²) in [5, 5.41) is 0. The third-order valence-corrected chi connectivity index (χ3v) is 2.57. The Morgan fingerprint density at radius 3 is 2.25 bits per heavy atom. The lowest BCUT2D eigenvalue weighted by Gasteiger charge is -2.27. The van der Waals surface area contributed by atoms with Crippen LogP contribution in [0.2, 0.25) is 0 Å². The van der Waals surface area contributed by atoms with E-state index in [2.05, 4.69) is 6.07 Å². The van der Waals surface area contributed by atoms with Crippen molar-refractivity contribution in [1.29, 1.82) is 0 Å². The highest BCUT2D eigenvalue weighted by Gasteiger charge is 2.43. The van der Waals surface area contributed by atoms with Crippen LogP contribution >= 0.6 is 35.1 Å². The van der Waals surface area contributed by atoms with Gasteiger partial charge >= 0.3 is 10.2 Å². The highest BCUT2D eigenvalue weighted by molar-refractivity contribution is 8.04. The summed E-state index contributed by atoms with van der Waals surface area (Å²) in [4.78, 5) is 0. The summed E-state index contributed by atoms with van der Waals surface area (Å²) >= 11 is 9.40. The van der Waals surface area contributed by atoms with Crippen molar-refractivity contribution in [2.24, 2.45) is 0 Å². The fourth-order valence-corrected chi connectivity index (χ4v) is 1.81. The molecule has 0 heterocycles. The monoisotopic (exact) mass is 292 g/mol. The molecule has 0 fully saturated rings. The zero-order chi connectivity index (χ0) is 12.4. The molecule has 0 aliphatic rings. The van der Waals surface area contributed by atoms with Crippen LogP contribution in [0.25, 0.3) is 0 Å². The topological polar surface area (TPSA) is 3.24 Å². The Labute approximate surface area is 103 Å². The molecule has 0 bridgehead atoms. The van der Waals surface area contributed by atoms with Crippen molar-refractivity contribution < 1.29 is 17.6 Å². The van der Waals surface area contributed by atoms with E-state index < -0.39 is 10.2 Å². The summed E-state index contributed by atoms with van der Waals surface area (Å²) in [6, 6.07) is 7.35. The van der Waals surface area contributed by atoms with Gasteiger partial charge in [0.2, 0.25) is 0 Å². The van der Waals surface area contributed by atoms with Crippen LogP contribution in [0, 0.1) is 6.07 Å². The minimum absolute atomic E-state index is 0.274. The quantitative estimate of drug-likeness (QED) is 0.349. The SMILES string of the molecule is FC(Cl)(Cl)SN(c1c[c]ccc1)C(F)(F)F. The van der Waals surface area contributed by atoms with Crippen molar-refractivity contribution in [3.63, 3.8) is 0 Å². The summed E-state index contributed by atoms with van der Waals surface area (Å²) < 4.78 is 47.1. The fraction of sp³-hybridized carbons (Fsp3) is 0.250. The van der Waals surface area contributed by atoms with Gasteiger partial charge in [-0.15, -0.1) is 13.2 Å². The molecule has 0 spiro atoms. The van der Waals surface area contributed by atoms with Gasteiger partial charge in [0, 0.05) is 11.9 Å². The number of alkyl halides is 6. The van der Waals surface area contributed by atoms with Crippen LogP contribution in [0.5, 0.6) is 0 Å². The van der Waals surface area contributed by atoms with Crippen molar-refractivity contribution in [2.45, 2.75) is 10.2 Å². The molecule has 16 heavy (non-hydrogen) atoms. The van der Waals surface area contributed by atoms with Crippen LogP contribution in [-0.4, -0.2) is 10.2 Å². The van der Waals surface area contributed by atoms with Crippen molar-refractivity contribution in [1.82, 2.24) is 0 Å². The molecule has 0 aliphatic heterocycles. The Balaban J connectivity index is 2.98. The molecule has 0 amide bonds. The lowest BCUT2D eigenvalue weighted by molar-refractivity contribution is -0.114. The second-order valence-corrected chi connectivity index (χ2v) is 5.35. The number of benzene rings is 1. The Bertz CT molecular complexity index is 338. The average Bonchev–Trinajstić information content (AvgIpc) is 2.13. The number of halogens is 6. The van der Waals surface area contributed by atoms with Gasteiger partial charge in [-0.1, -0.05) is 35.3 Å². The van der Waals surface area contributed by atoms with E-state index in [-0.39, 0.29) is 21.9 Å². The minimum atomic E-state index is -4.80. The largest absolute Gasteiger partial charge is 0.495 e. The third-order valence-electron chi connectivity index (χ3n) is 1.35. The maximum atomic E-state index is 12.8. The Kier molecular flexibility index (Phi) is 4.20. The first-order valence-corrected chi connectivity index (χ1v) is 5.32. The molecular formula is C8H4Cl2F4NS. The van der Waals surface area contributed by atoms with E-state index in [9.17, 15) is 17.6 Å². The number of hydrogen-bond acceptors (Lipinski definition) is 2. The predicted octanol–water partition coefficient (Wildman–Crippen LogP) is 4.52. The van der Waals surface area contributed by atoms with Gasteiger partial charge in [-0.3, -0.25) is 0 Å². The number of nitrogens with zero attached hydrogens (tertiary/aromatic N) is 1. The Morgan fingerprint density at radius 1 is 1.25 bits per heavy atom. The molecule has 0 aliphatic carbocycles. The third kappa shape index (κ3) is 4.27. The van der Waals surface area contributed by atoms with Gasteiger partial charge in [-0.05, 0) is 18.2 Å². The maximum absolute atomic E-state index is 12.8. The highest BCUT2D eigenvalue weighted by Crippen LogP contribution is 2.45. The molecule has 8 heteroatoms. The standard InChI is InChI=1S/C8H4Cl2F4NS/c9-7(10,11)16-15(8(12,13)14)6-4-2-1-3-5-6/h1-2,4-5H. The first-order valence-electron chi connectivity index (χ1n) is 3.79. The second-order valence-electron chi connectivity index (χ2n) is 2.56. The summed E-state index contributed by atoms with van der Waals surface area (Å²) in [7, 11) is 0. The molecule has 1 aromatic rings. The molecule has 0 aromatic heterocycles. The van der Waals surface area contributed by atoms with E-state index in [0.717, 1.165) is 12.1 Å². The van der Waals surface area contributed by atoms with E-state index in [1.54, 1.807) is 0 Å². The van der Waals surface area contributed by atoms with Crippen molar-refractivity contribution in [3.05, 3.63) is 30.3 Å². The highest BCUT2D eigenvalue weighted by atomic mass is 35.5. The number of rotatable bonds is 3. The van der Waals surface area contributed by atoms with E-state index in [4.69, 9.17) is 23.2 Å². The van der Waals surface area contributed by atoms with E-state index in [0.29, 0.717) is 0 Å². The molecule has 1 radical (unpaired) electrons. The van der Waals surface area contributed by atoms with Crippen LogP contribution in [0.4, 0.5) is 23.2 Å². The summed E-state index contributed by atoms with van der Waals surface area (Å²) in [6.45, 7) is 0. The molecule has 1 aromatic carbocycles. The van der Waals surface area contributed by atoms with Crippen molar-refractivity contribution in [2.75, 3.05) is 4.31 Å². The lowest BCUT2D eigenvalue weighted by atomic mass is 10.3. The van der Waals surface area contributed by atoms with Gasteiger partial charge < -0.3 is 0 Å². The summed E-state index contributed by atoms with van der Waals surface area (Å²) in [5.41, 5.74) is -0.316. The van der Waals surface area contributed by atoms with Crippen LogP contribution in [0.3, 0.4) is 0 Å². The summed E-state index contributed by atoms with van der Waals surface area (Å²) in [6.07, 6.45) is -4.80. The molecule has 0 saturated carbocycles. The van der Waals surface area contributed by atoms with Crippen LogP contribution < -0.4 is 4.31 Å². The Morgan fingerprint density at radius 2 is 1.88 bits per heavy atom. The second kappa shape index (κ2) is 4.89. The fourth-order valence-electron chi connectivity index (χ4n) is 0.865. The maximum Gasteiger partial charge on any atom is 0.495 e. The zero-order valence-electron chi connectivity index (χ0n) is 7.43. The molecule has 0 saturated heterocycles. The van der Waals surface area contributed by atoms with Gasteiger partial charge in [-0.2, -0.15) is 4.39 Å². The van der Waals surface area contributed by atoms with Crippen LogP contribution in [0.15, 0.2) is 24.3 Å². The molecule has 1 rings (SSSR count). The molecule has 89 valence electrons. The zero-order valence-corrected chi connectivity index (χ0v) is 9.76. The molecule has 0 N–H and O–H groups in total. The minimum Gasteiger partial charge on any atom is -0.220 e. The first kappa shape index (κ1) is 13.7. The van der Waals surface area contributed by atoms with Crippen LogP contribution in [0.1, 0.15) is 0 Å². The molecule has 1 nitrogen and oxygen atoms in total. The first-order chi connectivity index (χ1) is 7.20. The average molecular weight is 293 g/mol. The van der Waals surface area contributed by atoms with Gasteiger partial charge in [-0.25, -0.2) is 4.31 Å². The molecule has 0 unspecified atom stereocenters. The van der Waals surface area contributed by atoms with Crippen molar-refractivity contribution >= 4 is 40.8 Å². The molecule has 0 atom stereocenters. The normalized spacial score (nSPS) is 12.6. The van der Waals surface area contributed by atoms with Gasteiger partial charge in [0.15, 0.2) is 0 Å². The van der Waals surface area contributed by atoms with E-state index in [1.165, 1.54) is 12.1 Å². The van der Waals surface area contributed by atoms with E-state index >= 15 is 0 Å².